The van der Waals surface area contributed by atoms with Crippen LogP contribution in [0, 0.1) is 13.8 Å². The molecule has 0 radical (unpaired) electrons. The van der Waals surface area contributed by atoms with Crippen LogP contribution in [0.1, 0.15) is 27.6 Å². The lowest BCUT2D eigenvalue weighted by molar-refractivity contribution is 0.0992. The zero-order valence-corrected chi connectivity index (χ0v) is 13.6. The first-order valence-corrected chi connectivity index (χ1v) is 8.00. The Morgan fingerprint density at radius 3 is 2.83 bits per heavy atom. The summed E-state index contributed by atoms with van der Waals surface area (Å²) in [6, 6.07) is 11.1. The van der Waals surface area contributed by atoms with E-state index in [1.54, 1.807) is 12.1 Å². The average molecular weight is 328 g/mol. The summed E-state index contributed by atoms with van der Waals surface area (Å²) in [5, 5.41) is 5.14. The predicted molar refractivity (Wildman–Crippen MR) is 89.0 cm³/mol. The lowest BCUT2D eigenvalue weighted by atomic mass is 10.2. The van der Waals surface area contributed by atoms with Crippen LogP contribution in [0.2, 0.25) is 0 Å². The highest BCUT2D eigenvalue weighted by molar-refractivity contribution is 7.13. The molecule has 0 saturated heterocycles. The van der Waals surface area contributed by atoms with Crippen LogP contribution in [0.5, 0.6) is 5.75 Å². The molecule has 2 heterocycles. The minimum absolute atomic E-state index is 0.237. The maximum absolute atomic E-state index is 12.1. The van der Waals surface area contributed by atoms with Crippen LogP contribution < -0.4 is 10.1 Å². The highest BCUT2D eigenvalue weighted by Crippen LogP contribution is 2.20. The summed E-state index contributed by atoms with van der Waals surface area (Å²) in [5.41, 5.74) is 1.92. The van der Waals surface area contributed by atoms with Crippen LogP contribution in [-0.4, -0.2) is 10.9 Å². The molecule has 0 unspecified atom stereocenters. The Morgan fingerprint density at radius 1 is 1.26 bits per heavy atom. The third-order valence-corrected chi connectivity index (χ3v) is 4.06. The molecule has 0 aliphatic carbocycles. The highest BCUT2D eigenvalue weighted by atomic mass is 32.1. The van der Waals surface area contributed by atoms with Gasteiger partial charge in [-0.1, -0.05) is 18.2 Å². The quantitative estimate of drug-likeness (QED) is 0.763. The molecule has 0 saturated carbocycles. The van der Waals surface area contributed by atoms with E-state index in [0.29, 0.717) is 10.9 Å². The monoisotopic (exact) mass is 328 g/mol. The molecule has 0 aliphatic heterocycles. The number of para-hydroxylation sites is 1. The molecule has 0 fully saturated rings. The van der Waals surface area contributed by atoms with Crippen molar-refractivity contribution in [3.8, 4) is 5.75 Å². The van der Waals surface area contributed by atoms with Crippen LogP contribution in [0.15, 0.2) is 46.2 Å². The molecule has 5 nitrogen and oxygen atoms in total. The first kappa shape index (κ1) is 15.3. The maximum Gasteiger partial charge on any atom is 0.293 e. The summed E-state index contributed by atoms with van der Waals surface area (Å²) in [5.74, 6) is 1.31. The Kier molecular flexibility index (Phi) is 4.43. The predicted octanol–water partition coefficient (Wildman–Crippen LogP) is 4.18. The van der Waals surface area contributed by atoms with Gasteiger partial charge in [-0.2, -0.15) is 0 Å². The number of anilines is 1. The summed E-state index contributed by atoms with van der Waals surface area (Å²) in [7, 11) is 0. The van der Waals surface area contributed by atoms with Gasteiger partial charge in [0.2, 0.25) is 0 Å². The van der Waals surface area contributed by atoms with Gasteiger partial charge in [-0.3, -0.25) is 10.1 Å². The molecule has 1 aromatic carbocycles. The average Bonchev–Trinajstić information content (AvgIpc) is 3.16. The molecule has 3 aromatic rings. The molecule has 0 aliphatic rings. The lowest BCUT2D eigenvalue weighted by Crippen LogP contribution is -2.10. The Hall–Kier alpha value is -2.60. The summed E-state index contributed by atoms with van der Waals surface area (Å²) < 4.78 is 11.2. The van der Waals surface area contributed by atoms with Crippen molar-refractivity contribution in [2.45, 2.75) is 20.5 Å². The molecule has 0 spiro atoms. The second kappa shape index (κ2) is 6.66. The summed E-state index contributed by atoms with van der Waals surface area (Å²) in [6.07, 6.45) is 0. The number of aromatic nitrogens is 1. The Bertz CT molecular complexity index is 823. The Morgan fingerprint density at radius 2 is 2.09 bits per heavy atom. The van der Waals surface area contributed by atoms with E-state index in [1.165, 1.54) is 11.3 Å². The second-order valence-corrected chi connectivity index (χ2v) is 5.93. The van der Waals surface area contributed by atoms with Crippen LogP contribution in [-0.2, 0) is 6.61 Å². The van der Waals surface area contributed by atoms with Gasteiger partial charge in [0, 0.05) is 5.38 Å². The Labute approximate surface area is 137 Å². The van der Waals surface area contributed by atoms with Crippen LogP contribution >= 0.6 is 11.3 Å². The van der Waals surface area contributed by atoms with Crippen molar-refractivity contribution in [1.29, 1.82) is 0 Å². The number of benzene rings is 1. The van der Waals surface area contributed by atoms with Gasteiger partial charge in [0.25, 0.3) is 5.91 Å². The smallest absolute Gasteiger partial charge is 0.293 e. The molecule has 0 atom stereocenters. The van der Waals surface area contributed by atoms with E-state index in [4.69, 9.17) is 9.15 Å². The van der Waals surface area contributed by atoms with Crippen molar-refractivity contribution in [3.63, 3.8) is 0 Å². The van der Waals surface area contributed by atoms with E-state index in [2.05, 4.69) is 10.3 Å². The van der Waals surface area contributed by atoms with Crippen molar-refractivity contribution in [2.75, 3.05) is 5.32 Å². The zero-order valence-electron chi connectivity index (χ0n) is 12.8. The number of rotatable bonds is 5. The minimum atomic E-state index is -0.318. The minimum Gasteiger partial charge on any atom is -0.485 e. The first-order valence-electron chi connectivity index (χ1n) is 7.12. The number of nitrogens with one attached hydrogen (secondary N) is 1. The van der Waals surface area contributed by atoms with Crippen molar-refractivity contribution >= 4 is 22.4 Å². The van der Waals surface area contributed by atoms with E-state index < -0.39 is 0 Å². The highest BCUT2D eigenvalue weighted by Gasteiger charge is 2.13. The fourth-order valence-corrected chi connectivity index (χ4v) is 2.70. The second-order valence-electron chi connectivity index (χ2n) is 5.07. The molecule has 0 bridgehead atoms. The first-order chi connectivity index (χ1) is 11.1. The number of thiazole rings is 1. The normalized spacial score (nSPS) is 10.5. The summed E-state index contributed by atoms with van der Waals surface area (Å²) in [4.78, 5) is 16.3. The van der Waals surface area contributed by atoms with Gasteiger partial charge >= 0.3 is 0 Å². The third kappa shape index (κ3) is 3.78. The van der Waals surface area contributed by atoms with Crippen LogP contribution in [0.3, 0.4) is 0 Å². The van der Waals surface area contributed by atoms with E-state index in [0.717, 1.165) is 17.0 Å². The van der Waals surface area contributed by atoms with Gasteiger partial charge in [0.1, 0.15) is 18.1 Å². The summed E-state index contributed by atoms with van der Waals surface area (Å²) in [6.45, 7) is 4.13. The van der Waals surface area contributed by atoms with Crippen molar-refractivity contribution in [1.82, 2.24) is 4.98 Å². The number of amides is 1. The fourth-order valence-electron chi connectivity index (χ4n) is 2.01. The van der Waals surface area contributed by atoms with E-state index in [-0.39, 0.29) is 18.3 Å². The number of furan rings is 1. The van der Waals surface area contributed by atoms with E-state index >= 15 is 0 Å². The van der Waals surface area contributed by atoms with Crippen LogP contribution in [0.4, 0.5) is 5.13 Å². The number of ether oxygens (including phenoxy) is 1. The lowest BCUT2D eigenvalue weighted by Gasteiger charge is -2.06. The molecular formula is C17H16N2O3S. The standard InChI is InChI=1S/C17H16N2O3S/c1-11-5-3-4-6-14(11)21-9-13-7-8-15(22-13)16(20)19-17-18-12(2)10-23-17/h3-8,10H,9H2,1-2H3,(H,18,19,20). The van der Waals surface area contributed by atoms with Crippen molar-refractivity contribution < 1.29 is 13.9 Å². The van der Waals surface area contributed by atoms with Crippen molar-refractivity contribution in [3.05, 3.63) is 64.6 Å². The van der Waals surface area contributed by atoms with Gasteiger partial charge in [-0.25, -0.2) is 4.98 Å². The van der Waals surface area contributed by atoms with Gasteiger partial charge in [-0.15, -0.1) is 11.3 Å². The topological polar surface area (TPSA) is 64.4 Å². The zero-order chi connectivity index (χ0) is 16.2. The summed E-state index contributed by atoms with van der Waals surface area (Å²) >= 11 is 1.38. The molecule has 2 aromatic heterocycles. The molecule has 1 N–H and O–H groups in total. The number of aryl methyl sites for hydroxylation is 2. The molecular weight excluding hydrogens is 312 g/mol. The van der Waals surface area contributed by atoms with Gasteiger partial charge in [0.15, 0.2) is 10.9 Å². The molecule has 23 heavy (non-hydrogen) atoms. The number of carbonyl (C=O) groups excluding carboxylic acids is 1. The van der Waals surface area contributed by atoms with Crippen LogP contribution in [0.25, 0.3) is 0 Å². The number of nitrogens with zero attached hydrogens (tertiary/aromatic N) is 1. The van der Waals surface area contributed by atoms with Gasteiger partial charge in [0.05, 0.1) is 5.69 Å². The fraction of sp³-hybridized carbons (Fsp3) is 0.176. The SMILES string of the molecule is Cc1csc(NC(=O)c2ccc(COc3ccccc3C)o2)n1. The van der Waals surface area contributed by atoms with E-state index in [1.807, 2.05) is 43.5 Å². The van der Waals surface area contributed by atoms with E-state index in [9.17, 15) is 4.79 Å². The van der Waals surface area contributed by atoms with Gasteiger partial charge in [-0.05, 0) is 37.6 Å². The number of hydrogen-bond acceptors (Lipinski definition) is 5. The number of carbonyl (C=O) groups is 1. The molecule has 6 heteroatoms. The van der Waals surface area contributed by atoms with Gasteiger partial charge < -0.3 is 9.15 Å². The largest absolute Gasteiger partial charge is 0.485 e. The molecule has 3 rings (SSSR count). The Balaban J connectivity index is 1.61. The van der Waals surface area contributed by atoms with Crippen molar-refractivity contribution in [2.24, 2.45) is 0 Å². The third-order valence-electron chi connectivity index (χ3n) is 3.19. The maximum atomic E-state index is 12.1. The molecule has 1 amide bonds. The molecule has 118 valence electrons. The number of hydrogen-bond donors (Lipinski definition) is 1.